The Balaban J connectivity index is 0.955. The average molecular weight is 763 g/mol. The molecule has 0 fully saturated rings. The van der Waals surface area contributed by atoms with Gasteiger partial charge < -0.3 is 9.47 Å². The van der Waals surface area contributed by atoms with E-state index in [-0.39, 0.29) is 0 Å². The van der Waals surface area contributed by atoms with E-state index in [1.807, 2.05) is 0 Å². The summed E-state index contributed by atoms with van der Waals surface area (Å²) >= 11 is 0. The summed E-state index contributed by atoms with van der Waals surface area (Å²) in [6.07, 6.45) is 0. The van der Waals surface area contributed by atoms with Gasteiger partial charge in [0.1, 0.15) is 0 Å². The summed E-state index contributed by atoms with van der Waals surface area (Å²) in [6.45, 7) is 0. The minimum absolute atomic E-state index is 1.09. The number of fused-ring (bicyclic) bond motifs is 10. The maximum atomic E-state index is 2.38. The summed E-state index contributed by atoms with van der Waals surface area (Å²) in [5.74, 6) is 0. The predicted octanol–water partition coefficient (Wildman–Crippen LogP) is 16.2. The summed E-state index contributed by atoms with van der Waals surface area (Å²) in [7, 11) is 0. The Morgan fingerprint density at radius 3 is 1.18 bits per heavy atom. The molecule has 0 radical (unpaired) electrons. The SMILES string of the molecule is c1ccc2cc(-c3ccc(N(c4ccc(-c5ccc6c7ccccc7c7ccccc7c6c5)cc4)c4ccc(-n5c6ccccc6c6ccccc65)cc4)cc3)ccc2c1. The first-order valence-corrected chi connectivity index (χ1v) is 20.7. The molecule has 0 bridgehead atoms. The van der Waals surface area contributed by atoms with Crippen LogP contribution >= 0.6 is 0 Å². The molecule has 2 nitrogen and oxygen atoms in total. The third-order valence-corrected chi connectivity index (χ3v) is 12.4. The molecule has 0 unspecified atom stereocenters. The molecule has 2 heteroatoms. The topological polar surface area (TPSA) is 8.17 Å². The molecule has 0 aliphatic carbocycles. The van der Waals surface area contributed by atoms with Crippen LogP contribution in [0, 0.1) is 0 Å². The monoisotopic (exact) mass is 762 g/mol. The van der Waals surface area contributed by atoms with Crippen LogP contribution in [0.4, 0.5) is 17.1 Å². The van der Waals surface area contributed by atoms with Gasteiger partial charge in [-0.2, -0.15) is 0 Å². The van der Waals surface area contributed by atoms with Gasteiger partial charge in [-0.3, -0.25) is 0 Å². The van der Waals surface area contributed by atoms with E-state index in [4.69, 9.17) is 0 Å². The lowest BCUT2D eigenvalue weighted by Gasteiger charge is -2.26. The van der Waals surface area contributed by atoms with Crippen LogP contribution in [0.25, 0.3) is 92.8 Å². The molecular weight excluding hydrogens is 725 g/mol. The summed E-state index contributed by atoms with van der Waals surface area (Å²) in [5.41, 5.74) is 11.6. The van der Waals surface area contributed by atoms with E-state index in [0.29, 0.717) is 0 Å². The van der Waals surface area contributed by atoms with Crippen molar-refractivity contribution in [3.63, 3.8) is 0 Å². The first-order chi connectivity index (χ1) is 29.7. The van der Waals surface area contributed by atoms with Crippen molar-refractivity contribution in [3.05, 3.63) is 231 Å². The second-order valence-corrected chi connectivity index (χ2v) is 15.7. The molecule has 280 valence electrons. The lowest BCUT2D eigenvalue weighted by atomic mass is 9.92. The van der Waals surface area contributed by atoms with Gasteiger partial charge in [-0.25, -0.2) is 0 Å². The van der Waals surface area contributed by atoms with E-state index in [1.54, 1.807) is 0 Å². The molecule has 0 saturated carbocycles. The van der Waals surface area contributed by atoms with E-state index < -0.39 is 0 Å². The number of anilines is 3. The largest absolute Gasteiger partial charge is 0.311 e. The fourth-order valence-electron chi connectivity index (χ4n) is 9.46. The Morgan fingerprint density at radius 1 is 0.250 bits per heavy atom. The standard InChI is InChI=1S/C58H38N2/c1-2-12-42-37-43(22-21-39(42)11-1)40-23-28-45(29-24-40)59(47-32-34-48(35-33-47)60-57-19-9-7-17-54(57)55-18-8-10-20-58(55)60)46-30-25-41(26-31-46)44-27-36-53-51-15-4-3-13-49(51)50-14-5-6-16-52(50)56(53)38-44/h1-38H. The quantitative estimate of drug-likeness (QED) is 0.153. The lowest BCUT2D eigenvalue weighted by Crippen LogP contribution is -2.10. The number of nitrogens with zero attached hydrogens (tertiary/aromatic N) is 2. The van der Waals surface area contributed by atoms with Crippen molar-refractivity contribution in [1.82, 2.24) is 4.57 Å². The van der Waals surface area contributed by atoms with Crippen LogP contribution in [-0.2, 0) is 0 Å². The van der Waals surface area contributed by atoms with Crippen molar-refractivity contribution >= 4 is 82.0 Å². The van der Waals surface area contributed by atoms with Gasteiger partial charge in [-0.15, -0.1) is 0 Å². The highest BCUT2D eigenvalue weighted by molar-refractivity contribution is 6.25. The number of rotatable bonds is 6. The van der Waals surface area contributed by atoms with E-state index in [2.05, 4.69) is 240 Å². The fourth-order valence-corrected chi connectivity index (χ4v) is 9.46. The molecule has 60 heavy (non-hydrogen) atoms. The predicted molar refractivity (Wildman–Crippen MR) is 256 cm³/mol. The maximum absolute atomic E-state index is 2.38. The Morgan fingerprint density at radius 2 is 0.633 bits per heavy atom. The maximum Gasteiger partial charge on any atom is 0.0541 e. The molecule has 12 rings (SSSR count). The summed E-state index contributed by atoms with van der Waals surface area (Å²) in [4.78, 5) is 2.36. The van der Waals surface area contributed by atoms with Gasteiger partial charge in [0.25, 0.3) is 0 Å². The first-order valence-electron chi connectivity index (χ1n) is 20.7. The molecule has 0 spiro atoms. The van der Waals surface area contributed by atoms with Crippen molar-refractivity contribution in [1.29, 1.82) is 0 Å². The minimum Gasteiger partial charge on any atom is -0.311 e. The zero-order valence-electron chi connectivity index (χ0n) is 32.8. The highest BCUT2D eigenvalue weighted by Gasteiger charge is 2.17. The van der Waals surface area contributed by atoms with Crippen LogP contribution in [0.2, 0.25) is 0 Å². The molecule has 0 atom stereocenters. The normalized spacial score (nSPS) is 11.7. The van der Waals surface area contributed by atoms with Crippen molar-refractivity contribution in [2.75, 3.05) is 4.90 Å². The number of benzene rings is 11. The van der Waals surface area contributed by atoms with Crippen molar-refractivity contribution in [3.8, 4) is 27.9 Å². The second-order valence-electron chi connectivity index (χ2n) is 15.7. The van der Waals surface area contributed by atoms with Gasteiger partial charge in [0.2, 0.25) is 0 Å². The Hall–Kier alpha value is -7.94. The molecule has 11 aromatic carbocycles. The smallest absolute Gasteiger partial charge is 0.0541 e. The first kappa shape index (κ1) is 34.1. The number of para-hydroxylation sites is 2. The van der Waals surface area contributed by atoms with Crippen LogP contribution in [-0.4, -0.2) is 4.57 Å². The Bertz CT molecular complexity index is 3490. The third kappa shape index (κ3) is 5.57. The van der Waals surface area contributed by atoms with Gasteiger partial charge >= 0.3 is 0 Å². The Labute approximate surface area is 348 Å². The molecule has 12 aromatic rings. The molecule has 1 heterocycles. The molecule has 0 saturated heterocycles. The van der Waals surface area contributed by atoms with E-state index in [1.165, 1.54) is 87.1 Å². The van der Waals surface area contributed by atoms with Gasteiger partial charge in [-0.05, 0) is 138 Å². The third-order valence-electron chi connectivity index (χ3n) is 12.4. The highest BCUT2D eigenvalue weighted by Crippen LogP contribution is 2.41. The molecule has 0 amide bonds. The molecule has 0 N–H and O–H groups in total. The average Bonchev–Trinajstić information content (AvgIpc) is 3.66. The van der Waals surface area contributed by atoms with Crippen molar-refractivity contribution in [2.45, 2.75) is 0 Å². The highest BCUT2D eigenvalue weighted by atomic mass is 15.1. The Kier molecular flexibility index (Phi) is 7.89. The summed E-state index contributed by atoms with van der Waals surface area (Å²) < 4.78 is 2.38. The number of hydrogen-bond acceptors (Lipinski definition) is 1. The second kappa shape index (κ2) is 13.9. The van der Waals surface area contributed by atoms with Crippen LogP contribution < -0.4 is 4.90 Å². The van der Waals surface area contributed by atoms with Crippen LogP contribution in [0.1, 0.15) is 0 Å². The zero-order valence-corrected chi connectivity index (χ0v) is 32.8. The summed E-state index contributed by atoms with van der Waals surface area (Å²) in [6, 6.07) is 84.2. The molecule has 0 aliphatic heterocycles. The lowest BCUT2D eigenvalue weighted by molar-refractivity contribution is 1.17. The molecule has 0 aliphatic rings. The number of aromatic nitrogens is 1. The molecular formula is C58H38N2. The number of hydrogen-bond donors (Lipinski definition) is 0. The van der Waals surface area contributed by atoms with Crippen molar-refractivity contribution in [2.24, 2.45) is 0 Å². The fraction of sp³-hybridized carbons (Fsp3) is 0. The van der Waals surface area contributed by atoms with Gasteiger partial charge in [0, 0.05) is 33.5 Å². The van der Waals surface area contributed by atoms with Crippen molar-refractivity contribution < 1.29 is 0 Å². The zero-order chi connectivity index (χ0) is 39.6. The van der Waals surface area contributed by atoms with E-state index in [9.17, 15) is 0 Å². The van der Waals surface area contributed by atoms with Crippen LogP contribution in [0.5, 0.6) is 0 Å². The van der Waals surface area contributed by atoms with Gasteiger partial charge in [-0.1, -0.05) is 158 Å². The van der Waals surface area contributed by atoms with Gasteiger partial charge in [0.15, 0.2) is 0 Å². The summed E-state index contributed by atoms with van der Waals surface area (Å²) in [5, 5.41) is 12.8. The van der Waals surface area contributed by atoms with Gasteiger partial charge in [0.05, 0.1) is 11.0 Å². The van der Waals surface area contributed by atoms with E-state index >= 15 is 0 Å². The van der Waals surface area contributed by atoms with Crippen LogP contribution in [0.15, 0.2) is 231 Å². The van der Waals surface area contributed by atoms with E-state index in [0.717, 1.165) is 22.7 Å². The minimum atomic E-state index is 1.09. The molecule has 1 aromatic heterocycles. The van der Waals surface area contributed by atoms with Crippen LogP contribution in [0.3, 0.4) is 0 Å².